The minimum Gasteiger partial charge on any atom is -0.494 e. The lowest BCUT2D eigenvalue weighted by atomic mass is 10.1. The second-order valence-electron chi connectivity index (χ2n) is 6.91. The van der Waals surface area contributed by atoms with Gasteiger partial charge in [-0.1, -0.05) is 18.2 Å². The van der Waals surface area contributed by atoms with Crippen LogP contribution < -0.4 is 20.3 Å². The molecule has 0 unspecified atom stereocenters. The third-order valence-corrected chi connectivity index (χ3v) is 4.81. The van der Waals surface area contributed by atoms with Crippen LogP contribution in [0.4, 0.5) is 0 Å². The van der Waals surface area contributed by atoms with Crippen molar-refractivity contribution < 1.29 is 14.3 Å². The summed E-state index contributed by atoms with van der Waals surface area (Å²) < 4.78 is 11.6. The molecule has 0 aliphatic carbocycles. The molecular weight excluding hydrogens is 356 g/mol. The summed E-state index contributed by atoms with van der Waals surface area (Å²) in [6.45, 7) is 4.77. The minimum atomic E-state index is -0.307. The monoisotopic (exact) mass is 378 g/mol. The molecule has 0 saturated carbocycles. The van der Waals surface area contributed by atoms with Crippen molar-refractivity contribution in [2.24, 2.45) is 0 Å². The maximum Gasteiger partial charge on any atom is 0.252 e. The largest absolute Gasteiger partial charge is 0.494 e. The third kappa shape index (κ3) is 3.45. The number of pyridine rings is 1. The molecule has 3 aromatic rings. The predicted molar refractivity (Wildman–Crippen MR) is 107 cm³/mol. The number of hydrogen-bond acceptors (Lipinski definition) is 4. The molecule has 6 heteroatoms. The first kappa shape index (κ1) is 18.1. The Balaban J connectivity index is 1.61. The van der Waals surface area contributed by atoms with Crippen molar-refractivity contribution in [2.45, 2.75) is 32.9 Å². The Morgan fingerprint density at radius 1 is 1.29 bits per heavy atom. The molecular formula is C22H22N2O4. The number of fused-ring (bicyclic) bond motifs is 2. The van der Waals surface area contributed by atoms with Gasteiger partial charge >= 0.3 is 0 Å². The fourth-order valence-electron chi connectivity index (χ4n) is 3.57. The Bertz CT molecular complexity index is 1100. The van der Waals surface area contributed by atoms with Crippen molar-refractivity contribution in [1.29, 1.82) is 0 Å². The average Bonchev–Trinajstić information content (AvgIpc) is 3.04. The summed E-state index contributed by atoms with van der Waals surface area (Å²) in [6, 6.07) is 12.5. The number of aromatic amines is 1. The molecule has 0 bridgehead atoms. The van der Waals surface area contributed by atoms with Gasteiger partial charge in [-0.15, -0.1) is 0 Å². The molecule has 28 heavy (non-hydrogen) atoms. The van der Waals surface area contributed by atoms with E-state index in [1.54, 1.807) is 6.07 Å². The Hall–Kier alpha value is -3.28. The number of ether oxygens (including phenoxy) is 2. The van der Waals surface area contributed by atoms with Crippen LogP contribution in [0, 0.1) is 0 Å². The number of carbonyl (C=O) groups excluding carboxylic acids is 1. The van der Waals surface area contributed by atoms with Gasteiger partial charge in [0.15, 0.2) is 0 Å². The molecule has 4 rings (SSSR count). The van der Waals surface area contributed by atoms with Crippen LogP contribution in [0.3, 0.4) is 0 Å². The van der Waals surface area contributed by atoms with E-state index in [0.29, 0.717) is 23.1 Å². The number of hydrogen-bond donors (Lipinski definition) is 2. The highest BCUT2D eigenvalue weighted by Gasteiger charge is 2.22. The van der Waals surface area contributed by atoms with Crippen molar-refractivity contribution in [3.05, 3.63) is 69.5 Å². The fourth-order valence-corrected chi connectivity index (χ4v) is 3.57. The van der Waals surface area contributed by atoms with Crippen LogP contribution in [0.1, 0.15) is 35.3 Å². The number of nitrogens with one attached hydrogen (secondary N) is 2. The molecule has 0 fully saturated rings. The van der Waals surface area contributed by atoms with Crippen LogP contribution in [0.5, 0.6) is 11.5 Å². The van der Waals surface area contributed by atoms with Crippen molar-refractivity contribution in [3.63, 3.8) is 0 Å². The second kappa shape index (κ2) is 7.38. The van der Waals surface area contributed by atoms with E-state index in [1.807, 2.05) is 44.2 Å². The van der Waals surface area contributed by atoms with Gasteiger partial charge in [-0.3, -0.25) is 9.59 Å². The van der Waals surface area contributed by atoms with Crippen LogP contribution in [0.2, 0.25) is 0 Å². The Morgan fingerprint density at radius 3 is 2.93 bits per heavy atom. The molecule has 1 atom stereocenters. The predicted octanol–water partition coefficient (Wildman–Crippen LogP) is 3.18. The molecule has 144 valence electrons. The van der Waals surface area contributed by atoms with Gasteiger partial charge < -0.3 is 19.8 Å². The van der Waals surface area contributed by atoms with Crippen LogP contribution in [-0.4, -0.2) is 23.6 Å². The van der Waals surface area contributed by atoms with Crippen molar-refractivity contribution in [1.82, 2.24) is 10.3 Å². The van der Waals surface area contributed by atoms with Crippen molar-refractivity contribution in [2.75, 3.05) is 6.61 Å². The van der Waals surface area contributed by atoms with Crippen molar-refractivity contribution in [3.8, 4) is 11.5 Å². The highest BCUT2D eigenvalue weighted by atomic mass is 16.5. The lowest BCUT2D eigenvalue weighted by Gasteiger charge is -2.14. The zero-order chi connectivity index (χ0) is 19.7. The molecule has 2 heterocycles. The number of aromatic nitrogens is 1. The van der Waals surface area contributed by atoms with E-state index in [2.05, 4.69) is 10.3 Å². The second-order valence-corrected chi connectivity index (χ2v) is 6.91. The van der Waals surface area contributed by atoms with Gasteiger partial charge in [0.25, 0.3) is 5.91 Å². The minimum absolute atomic E-state index is 0.136. The highest BCUT2D eigenvalue weighted by molar-refractivity contribution is 6.05. The number of H-pyrrole nitrogens is 1. The quantitative estimate of drug-likeness (QED) is 0.715. The number of benzene rings is 2. The fraction of sp³-hybridized carbons (Fsp3) is 0.273. The summed E-state index contributed by atoms with van der Waals surface area (Å²) >= 11 is 0. The molecule has 1 aromatic heterocycles. The average molecular weight is 378 g/mol. The molecule has 1 aliphatic heterocycles. The van der Waals surface area contributed by atoms with E-state index in [1.165, 1.54) is 6.07 Å². The van der Waals surface area contributed by atoms with Crippen LogP contribution in [0.25, 0.3) is 10.9 Å². The number of rotatable bonds is 5. The number of para-hydroxylation sites is 1. The third-order valence-electron chi connectivity index (χ3n) is 4.81. The first-order valence-electron chi connectivity index (χ1n) is 9.40. The summed E-state index contributed by atoms with van der Waals surface area (Å²) in [7, 11) is 0. The molecule has 0 saturated heterocycles. The van der Waals surface area contributed by atoms with Crippen LogP contribution >= 0.6 is 0 Å². The molecule has 2 N–H and O–H groups in total. The van der Waals surface area contributed by atoms with Gasteiger partial charge in [-0.25, -0.2) is 0 Å². The first-order valence-corrected chi connectivity index (χ1v) is 9.40. The van der Waals surface area contributed by atoms with Crippen LogP contribution in [0.15, 0.2) is 47.3 Å². The normalized spacial score (nSPS) is 15.1. The Labute approximate surface area is 162 Å². The summed E-state index contributed by atoms with van der Waals surface area (Å²) in [5.41, 5.74) is 2.64. The summed E-state index contributed by atoms with van der Waals surface area (Å²) in [5, 5.41) is 3.61. The Kier molecular flexibility index (Phi) is 4.77. The maximum atomic E-state index is 12.8. The SMILES string of the molecule is CCOc1cc2c(cc1CNC(=O)c1cc(=O)[nH]c3ccccc13)O[C@@H](C)C2. The smallest absolute Gasteiger partial charge is 0.252 e. The number of amides is 1. The summed E-state index contributed by atoms with van der Waals surface area (Å²) in [6.07, 6.45) is 0.984. The van der Waals surface area contributed by atoms with E-state index in [9.17, 15) is 9.59 Å². The zero-order valence-corrected chi connectivity index (χ0v) is 15.9. The van der Waals surface area contributed by atoms with Gasteiger partial charge in [-0.2, -0.15) is 0 Å². The van der Waals surface area contributed by atoms with Gasteiger partial charge in [0.1, 0.15) is 17.6 Å². The molecule has 1 aliphatic rings. The molecule has 1 amide bonds. The van der Waals surface area contributed by atoms with E-state index in [-0.39, 0.29) is 24.1 Å². The van der Waals surface area contributed by atoms with E-state index in [4.69, 9.17) is 9.47 Å². The molecule has 0 spiro atoms. The standard InChI is InChI=1S/C22H22N2O4/c1-3-27-19-9-14-8-13(2)28-20(14)10-15(19)12-23-22(26)17-11-21(25)24-18-7-5-4-6-16(17)18/h4-7,9-11,13H,3,8,12H2,1-2H3,(H,23,26)(H,24,25)/t13-/m0/s1. The first-order chi connectivity index (χ1) is 13.5. The maximum absolute atomic E-state index is 12.8. The zero-order valence-electron chi connectivity index (χ0n) is 15.9. The molecule has 6 nitrogen and oxygen atoms in total. The number of carbonyl (C=O) groups is 1. The Morgan fingerprint density at radius 2 is 2.11 bits per heavy atom. The van der Waals surface area contributed by atoms with E-state index < -0.39 is 0 Å². The van der Waals surface area contributed by atoms with Crippen LogP contribution in [-0.2, 0) is 13.0 Å². The van der Waals surface area contributed by atoms with E-state index in [0.717, 1.165) is 29.0 Å². The highest BCUT2D eigenvalue weighted by Crippen LogP contribution is 2.35. The van der Waals surface area contributed by atoms with Gasteiger partial charge in [0.2, 0.25) is 5.56 Å². The lowest BCUT2D eigenvalue weighted by Crippen LogP contribution is -2.25. The molecule has 0 radical (unpaired) electrons. The van der Waals surface area contributed by atoms with Gasteiger partial charge in [-0.05, 0) is 32.0 Å². The summed E-state index contributed by atoms with van der Waals surface area (Å²) in [4.78, 5) is 27.5. The molecule has 2 aromatic carbocycles. The summed E-state index contributed by atoms with van der Waals surface area (Å²) in [5.74, 6) is 1.27. The lowest BCUT2D eigenvalue weighted by molar-refractivity contribution is 0.0952. The van der Waals surface area contributed by atoms with Gasteiger partial charge in [0.05, 0.1) is 12.2 Å². The van der Waals surface area contributed by atoms with E-state index >= 15 is 0 Å². The van der Waals surface area contributed by atoms with Crippen molar-refractivity contribution >= 4 is 16.8 Å². The topological polar surface area (TPSA) is 80.4 Å². The van der Waals surface area contributed by atoms with Gasteiger partial charge in [0, 0.05) is 41.1 Å².